The molecule has 1 aromatic heterocycles. The molecule has 7 heteroatoms. The molecule has 3 unspecified atom stereocenters. The standard InChI is InChI=1S/C16H21ClN4O2/c1-3-14(18)15-7-22-16(23-15,8-21-10-19-9-20-21)13-5-4-12(17)6-11(13)2/h4-6,9-10,14-15H,3,7-8,18H2,1-2H3. The zero-order chi connectivity index (χ0) is 16.4. The molecular weight excluding hydrogens is 316 g/mol. The molecule has 0 radical (unpaired) electrons. The number of halogens is 1. The molecule has 124 valence electrons. The molecule has 0 bridgehead atoms. The van der Waals surface area contributed by atoms with E-state index < -0.39 is 5.79 Å². The molecule has 3 atom stereocenters. The molecule has 2 heterocycles. The number of hydrogen-bond donors (Lipinski definition) is 1. The maximum atomic E-state index is 6.30. The van der Waals surface area contributed by atoms with Gasteiger partial charge in [0.2, 0.25) is 5.79 Å². The highest BCUT2D eigenvalue weighted by atomic mass is 35.5. The van der Waals surface area contributed by atoms with Gasteiger partial charge in [-0.05, 0) is 31.0 Å². The van der Waals surface area contributed by atoms with Crippen molar-refractivity contribution in [3.05, 3.63) is 47.0 Å². The Morgan fingerprint density at radius 3 is 3.00 bits per heavy atom. The van der Waals surface area contributed by atoms with E-state index in [1.54, 1.807) is 11.0 Å². The zero-order valence-electron chi connectivity index (χ0n) is 13.3. The van der Waals surface area contributed by atoms with Crippen LogP contribution in [-0.2, 0) is 21.8 Å². The average molecular weight is 337 g/mol. The van der Waals surface area contributed by atoms with Crippen LogP contribution in [0, 0.1) is 6.92 Å². The number of benzene rings is 1. The van der Waals surface area contributed by atoms with E-state index in [1.807, 2.05) is 32.0 Å². The monoisotopic (exact) mass is 336 g/mol. The molecule has 0 spiro atoms. The van der Waals surface area contributed by atoms with E-state index in [0.29, 0.717) is 18.2 Å². The Bertz CT molecular complexity index is 664. The summed E-state index contributed by atoms with van der Waals surface area (Å²) < 4.78 is 14.1. The van der Waals surface area contributed by atoms with Gasteiger partial charge in [0.1, 0.15) is 19.2 Å². The predicted molar refractivity (Wildman–Crippen MR) is 87.0 cm³/mol. The second-order valence-electron chi connectivity index (χ2n) is 5.84. The van der Waals surface area contributed by atoms with Crippen molar-refractivity contribution in [2.75, 3.05) is 6.61 Å². The second kappa shape index (κ2) is 6.57. The van der Waals surface area contributed by atoms with Gasteiger partial charge in [0.15, 0.2) is 0 Å². The first-order valence-electron chi connectivity index (χ1n) is 7.70. The highest BCUT2D eigenvalue weighted by molar-refractivity contribution is 6.30. The summed E-state index contributed by atoms with van der Waals surface area (Å²) in [5.41, 5.74) is 8.09. The fraction of sp³-hybridized carbons (Fsp3) is 0.500. The van der Waals surface area contributed by atoms with Crippen LogP contribution in [0.3, 0.4) is 0 Å². The Morgan fingerprint density at radius 2 is 2.35 bits per heavy atom. The number of nitrogens with two attached hydrogens (primary N) is 1. The molecule has 0 amide bonds. The van der Waals surface area contributed by atoms with Gasteiger partial charge < -0.3 is 15.2 Å². The van der Waals surface area contributed by atoms with Crippen molar-refractivity contribution in [2.24, 2.45) is 5.73 Å². The summed E-state index contributed by atoms with van der Waals surface area (Å²) in [6.07, 6.45) is 3.81. The van der Waals surface area contributed by atoms with E-state index >= 15 is 0 Å². The van der Waals surface area contributed by atoms with Gasteiger partial charge in [0.05, 0.1) is 12.7 Å². The van der Waals surface area contributed by atoms with Crippen LogP contribution in [0.1, 0.15) is 24.5 Å². The third-order valence-corrected chi connectivity index (χ3v) is 4.44. The molecule has 0 aliphatic carbocycles. The first-order valence-corrected chi connectivity index (χ1v) is 8.08. The minimum atomic E-state index is -0.931. The third kappa shape index (κ3) is 3.26. The van der Waals surface area contributed by atoms with Crippen molar-refractivity contribution in [3.8, 4) is 0 Å². The van der Waals surface area contributed by atoms with Gasteiger partial charge in [-0.25, -0.2) is 9.67 Å². The Balaban J connectivity index is 1.97. The largest absolute Gasteiger partial charge is 0.342 e. The van der Waals surface area contributed by atoms with E-state index in [9.17, 15) is 0 Å². The van der Waals surface area contributed by atoms with Crippen molar-refractivity contribution in [1.82, 2.24) is 14.8 Å². The fourth-order valence-corrected chi connectivity index (χ4v) is 3.12. The van der Waals surface area contributed by atoms with E-state index in [2.05, 4.69) is 10.1 Å². The zero-order valence-corrected chi connectivity index (χ0v) is 14.0. The minimum absolute atomic E-state index is 0.0692. The van der Waals surface area contributed by atoms with Gasteiger partial charge in [0, 0.05) is 16.6 Å². The Hall–Kier alpha value is -1.47. The number of nitrogens with zero attached hydrogens (tertiary/aromatic N) is 3. The molecule has 1 fully saturated rings. The molecular formula is C16H21ClN4O2. The summed E-state index contributed by atoms with van der Waals surface area (Å²) in [5, 5.41) is 4.86. The SMILES string of the molecule is CCC(N)C1COC(Cn2cncn2)(c2ccc(Cl)cc2C)O1. The van der Waals surface area contributed by atoms with Crippen molar-refractivity contribution in [3.63, 3.8) is 0 Å². The van der Waals surface area contributed by atoms with Gasteiger partial charge in [-0.3, -0.25) is 0 Å². The Kier molecular flexibility index (Phi) is 4.68. The lowest BCUT2D eigenvalue weighted by molar-refractivity contribution is -0.190. The number of aryl methyl sites for hydroxylation is 1. The summed E-state index contributed by atoms with van der Waals surface area (Å²) in [5.74, 6) is -0.931. The van der Waals surface area contributed by atoms with Crippen LogP contribution >= 0.6 is 11.6 Å². The molecule has 0 saturated carbocycles. The number of rotatable bonds is 5. The lowest BCUT2D eigenvalue weighted by Gasteiger charge is -2.30. The lowest BCUT2D eigenvalue weighted by atomic mass is 10.00. The van der Waals surface area contributed by atoms with E-state index in [0.717, 1.165) is 17.5 Å². The van der Waals surface area contributed by atoms with Crippen molar-refractivity contribution in [1.29, 1.82) is 0 Å². The lowest BCUT2D eigenvalue weighted by Crippen LogP contribution is -2.39. The number of aromatic nitrogens is 3. The normalized spacial score (nSPS) is 25.7. The summed E-state index contributed by atoms with van der Waals surface area (Å²) >= 11 is 6.08. The summed E-state index contributed by atoms with van der Waals surface area (Å²) in [7, 11) is 0. The van der Waals surface area contributed by atoms with Gasteiger partial charge in [-0.2, -0.15) is 5.10 Å². The van der Waals surface area contributed by atoms with Crippen molar-refractivity contribution >= 4 is 11.6 Å². The number of hydrogen-bond acceptors (Lipinski definition) is 5. The molecule has 2 N–H and O–H groups in total. The van der Waals surface area contributed by atoms with Crippen molar-refractivity contribution < 1.29 is 9.47 Å². The van der Waals surface area contributed by atoms with Crippen LogP contribution in [0.25, 0.3) is 0 Å². The Morgan fingerprint density at radius 1 is 1.52 bits per heavy atom. The molecule has 6 nitrogen and oxygen atoms in total. The minimum Gasteiger partial charge on any atom is -0.342 e. The molecule has 1 aliphatic heterocycles. The van der Waals surface area contributed by atoms with Gasteiger partial charge >= 0.3 is 0 Å². The van der Waals surface area contributed by atoms with E-state index in [-0.39, 0.29) is 12.1 Å². The highest BCUT2D eigenvalue weighted by Gasteiger charge is 2.46. The Labute approximate surface area is 140 Å². The topological polar surface area (TPSA) is 75.2 Å². The summed E-state index contributed by atoms with van der Waals surface area (Å²) in [6, 6.07) is 5.61. The summed E-state index contributed by atoms with van der Waals surface area (Å²) in [6.45, 7) is 4.89. The molecule has 3 rings (SSSR count). The van der Waals surface area contributed by atoms with Crippen LogP contribution in [-0.4, -0.2) is 33.5 Å². The molecule has 1 aromatic carbocycles. The summed E-state index contributed by atoms with van der Waals surface area (Å²) in [4.78, 5) is 3.99. The smallest absolute Gasteiger partial charge is 0.216 e. The average Bonchev–Trinajstić information content (AvgIpc) is 3.17. The predicted octanol–water partition coefficient (Wildman–Crippen LogP) is 2.25. The first kappa shape index (κ1) is 16.4. The fourth-order valence-electron chi connectivity index (χ4n) is 2.89. The van der Waals surface area contributed by atoms with Crippen LogP contribution < -0.4 is 5.73 Å². The maximum Gasteiger partial charge on any atom is 0.216 e. The molecule has 2 aromatic rings. The molecule has 1 saturated heterocycles. The maximum absolute atomic E-state index is 6.30. The number of ether oxygens (including phenoxy) is 2. The van der Waals surface area contributed by atoms with Crippen LogP contribution in [0.2, 0.25) is 5.02 Å². The van der Waals surface area contributed by atoms with Crippen molar-refractivity contribution in [2.45, 2.75) is 44.7 Å². The van der Waals surface area contributed by atoms with Gasteiger partial charge in [-0.1, -0.05) is 24.6 Å². The van der Waals surface area contributed by atoms with E-state index in [4.69, 9.17) is 26.8 Å². The van der Waals surface area contributed by atoms with Crippen LogP contribution in [0.15, 0.2) is 30.9 Å². The van der Waals surface area contributed by atoms with Gasteiger partial charge in [-0.15, -0.1) is 0 Å². The highest BCUT2D eigenvalue weighted by Crippen LogP contribution is 2.39. The quantitative estimate of drug-likeness (QED) is 0.906. The van der Waals surface area contributed by atoms with Crippen LogP contribution in [0.4, 0.5) is 0 Å². The first-order chi connectivity index (χ1) is 11.0. The molecule has 1 aliphatic rings. The second-order valence-corrected chi connectivity index (χ2v) is 6.28. The van der Waals surface area contributed by atoms with E-state index in [1.165, 1.54) is 6.33 Å². The third-order valence-electron chi connectivity index (χ3n) is 4.21. The van der Waals surface area contributed by atoms with Gasteiger partial charge in [0.25, 0.3) is 0 Å². The molecule has 23 heavy (non-hydrogen) atoms. The van der Waals surface area contributed by atoms with Crippen LogP contribution in [0.5, 0.6) is 0 Å².